The van der Waals surface area contributed by atoms with Gasteiger partial charge in [-0.05, 0) is 19.9 Å². The van der Waals surface area contributed by atoms with E-state index in [1.165, 1.54) is 0 Å². The van der Waals surface area contributed by atoms with Gasteiger partial charge in [0.25, 0.3) is 0 Å². The van der Waals surface area contributed by atoms with Crippen molar-refractivity contribution in [3.05, 3.63) is 12.4 Å². The zero-order valence-corrected chi connectivity index (χ0v) is 8.86. The zero-order chi connectivity index (χ0) is 10.7. The molecule has 0 aromatic carbocycles. The maximum atomic E-state index is 11.7. The highest BCUT2D eigenvalue weighted by Crippen LogP contribution is 2.12. The molecular formula is C10H16N4O. The Morgan fingerprint density at radius 2 is 2.67 bits per heavy atom. The molecule has 5 nitrogen and oxygen atoms in total. The lowest BCUT2D eigenvalue weighted by atomic mass is 10.1. The number of aromatic nitrogens is 2. The summed E-state index contributed by atoms with van der Waals surface area (Å²) in [4.78, 5) is 11.7. The van der Waals surface area contributed by atoms with E-state index in [2.05, 4.69) is 15.7 Å². The molecule has 1 atom stereocenters. The summed E-state index contributed by atoms with van der Waals surface area (Å²) in [5, 5.41) is 10.2. The molecule has 0 spiro atoms. The molecule has 0 saturated carbocycles. The van der Waals surface area contributed by atoms with Crippen molar-refractivity contribution in [2.75, 3.05) is 18.4 Å². The Hall–Kier alpha value is -1.36. The van der Waals surface area contributed by atoms with Gasteiger partial charge in [0.2, 0.25) is 5.91 Å². The van der Waals surface area contributed by atoms with E-state index >= 15 is 0 Å². The summed E-state index contributed by atoms with van der Waals surface area (Å²) in [6.45, 7) is 4.56. The maximum absolute atomic E-state index is 11.7. The molecule has 0 radical (unpaired) electrons. The molecule has 15 heavy (non-hydrogen) atoms. The second-order valence-electron chi connectivity index (χ2n) is 3.76. The zero-order valence-electron chi connectivity index (χ0n) is 8.86. The van der Waals surface area contributed by atoms with Gasteiger partial charge in [-0.2, -0.15) is 5.10 Å². The number of hydrogen-bond acceptors (Lipinski definition) is 3. The molecule has 2 heterocycles. The summed E-state index contributed by atoms with van der Waals surface area (Å²) in [7, 11) is 0. The van der Waals surface area contributed by atoms with E-state index in [4.69, 9.17) is 0 Å². The Morgan fingerprint density at radius 3 is 3.27 bits per heavy atom. The quantitative estimate of drug-likeness (QED) is 0.758. The molecule has 1 saturated heterocycles. The fourth-order valence-electron chi connectivity index (χ4n) is 1.72. The normalized spacial score (nSPS) is 20.5. The Labute approximate surface area is 88.8 Å². The van der Waals surface area contributed by atoms with Gasteiger partial charge in [-0.25, -0.2) is 0 Å². The van der Waals surface area contributed by atoms with Crippen LogP contribution < -0.4 is 10.6 Å². The smallest absolute Gasteiger partial charge is 0.228 e. The van der Waals surface area contributed by atoms with Crippen molar-refractivity contribution in [2.45, 2.75) is 19.9 Å². The van der Waals surface area contributed by atoms with E-state index in [1.54, 1.807) is 10.9 Å². The van der Waals surface area contributed by atoms with Crippen molar-refractivity contribution in [3.63, 3.8) is 0 Å². The highest BCUT2D eigenvalue weighted by atomic mass is 16.1. The van der Waals surface area contributed by atoms with Crippen LogP contribution in [0.5, 0.6) is 0 Å². The van der Waals surface area contributed by atoms with E-state index in [0.29, 0.717) is 0 Å². The van der Waals surface area contributed by atoms with E-state index in [1.807, 2.05) is 13.1 Å². The molecule has 1 aliphatic rings. The number of nitrogens with zero attached hydrogens (tertiary/aromatic N) is 2. The topological polar surface area (TPSA) is 59.0 Å². The number of rotatable bonds is 3. The Kier molecular flexibility index (Phi) is 3.01. The summed E-state index contributed by atoms with van der Waals surface area (Å²) in [6, 6.07) is 0. The summed E-state index contributed by atoms with van der Waals surface area (Å²) >= 11 is 0. The molecule has 5 heteroatoms. The number of hydrogen-bond donors (Lipinski definition) is 2. The maximum Gasteiger partial charge on any atom is 0.228 e. The standard InChI is InChI=1S/C10H16N4O/c1-2-14-7-9(6-12-14)13-10(15)8-3-4-11-5-8/h6-8,11H,2-5H2,1H3,(H,13,15)/t8-/m0/s1. The van der Waals surface area contributed by atoms with Crippen LogP contribution in [0.25, 0.3) is 0 Å². The van der Waals surface area contributed by atoms with Crippen LogP contribution in [0.1, 0.15) is 13.3 Å². The van der Waals surface area contributed by atoms with Crippen molar-refractivity contribution in [1.82, 2.24) is 15.1 Å². The highest BCUT2D eigenvalue weighted by molar-refractivity contribution is 5.92. The summed E-state index contributed by atoms with van der Waals surface area (Å²) in [6.07, 6.45) is 4.46. The van der Waals surface area contributed by atoms with Crippen LogP contribution in [0.2, 0.25) is 0 Å². The third kappa shape index (κ3) is 2.36. The molecule has 1 amide bonds. The van der Waals surface area contributed by atoms with Gasteiger partial charge in [-0.3, -0.25) is 9.48 Å². The second-order valence-corrected chi connectivity index (χ2v) is 3.76. The average Bonchev–Trinajstić information content (AvgIpc) is 2.87. The third-order valence-electron chi connectivity index (χ3n) is 2.66. The predicted octanol–water partition coefficient (Wildman–Crippen LogP) is 0.451. The molecule has 0 aliphatic carbocycles. The van der Waals surface area contributed by atoms with E-state index in [9.17, 15) is 4.79 Å². The van der Waals surface area contributed by atoms with Crippen LogP contribution in [-0.2, 0) is 11.3 Å². The van der Waals surface area contributed by atoms with Gasteiger partial charge >= 0.3 is 0 Å². The van der Waals surface area contributed by atoms with Gasteiger partial charge in [0, 0.05) is 19.3 Å². The van der Waals surface area contributed by atoms with Gasteiger partial charge < -0.3 is 10.6 Å². The minimum absolute atomic E-state index is 0.0932. The average molecular weight is 208 g/mol. The number of anilines is 1. The van der Waals surface area contributed by atoms with Crippen LogP contribution in [-0.4, -0.2) is 28.8 Å². The van der Waals surface area contributed by atoms with Gasteiger partial charge in [-0.1, -0.05) is 0 Å². The van der Waals surface area contributed by atoms with Gasteiger partial charge in [0.05, 0.1) is 17.8 Å². The minimum Gasteiger partial charge on any atom is -0.323 e. The minimum atomic E-state index is 0.0932. The number of carbonyl (C=O) groups excluding carboxylic acids is 1. The molecule has 1 aromatic rings. The molecule has 1 fully saturated rings. The van der Waals surface area contributed by atoms with Crippen LogP contribution in [0.4, 0.5) is 5.69 Å². The largest absolute Gasteiger partial charge is 0.323 e. The number of nitrogens with one attached hydrogen (secondary N) is 2. The first-order valence-corrected chi connectivity index (χ1v) is 5.33. The number of amides is 1. The molecule has 2 rings (SSSR count). The fraction of sp³-hybridized carbons (Fsp3) is 0.600. The number of aryl methyl sites for hydroxylation is 1. The molecule has 1 aromatic heterocycles. The van der Waals surface area contributed by atoms with E-state index < -0.39 is 0 Å². The lowest BCUT2D eigenvalue weighted by molar-refractivity contribution is -0.119. The van der Waals surface area contributed by atoms with Crippen LogP contribution >= 0.6 is 0 Å². The van der Waals surface area contributed by atoms with Crippen molar-refractivity contribution < 1.29 is 4.79 Å². The van der Waals surface area contributed by atoms with E-state index in [-0.39, 0.29) is 11.8 Å². The molecular weight excluding hydrogens is 192 g/mol. The first-order valence-electron chi connectivity index (χ1n) is 5.33. The van der Waals surface area contributed by atoms with E-state index in [0.717, 1.165) is 31.7 Å². The molecule has 0 unspecified atom stereocenters. The van der Waals surface area contributed by atoms with Gasteiger partial charge in [0.15, 0.2) is 0 Å². The Morgan fingerprint density at radius 1 is 1.80 bits per heavy atom. The Bertz CT molecular complexity index is 341. The van der Waals surface area contributed by atoms with Crippen molar-refractivity contribution >= 4 is 11.6 Å². The third-order valence-corrected chi connectivity index (χ3v) is 2.66. The molecule has 0 bridgehead atoms. The first-order chi connectivity index (χ1) is 7.29. The number of carbonyl (C=O) groups is 1. The second kappa shape index (κ2) is 4.44. The predicted molar refractivity (Wildman–Crippen MR) is 57.5 cm³/mol. The lowest BCUT2D eigenvalue weighted by Crippen LogP contribution is -2.24. The van der Waals surface area contributed by atoms with Crippen LogP contribution in [0, 0.1) is 5.92 Å². The SMILES string of the molecule is CCn1cc(NC(=O)[C@H]2CCNC2)cn1. The first kappa shape index (κ1) is 10.2. The lowest BCUT2D eigenvalue weighted by Gasteiger charge is -2.07. The molecule has 1 aliphatic heterocycles. The highest BCUT2D eigenvalue weighted by Gasteiger charge is 2.22. The van der Waals surface area contributed by atoms with Gasteiger partial charge in [0.1, 0.15) is 0 Å². The van der Waals surface area contributed by atoms with Crippen molar-refractivity contribution in [1.29, 1.82) is 0 Å². The Balaban J connectivity index is 1.92. The van der Waals surface area contributed by atoms with Crippen molar-refractivity contribution in [3.8, 4) is 0 Å². The summed E-state index contributed by atoms with van der Waals surface area (Å²) in [5.74, 6) is 0.200. The summed E-state index contributed by atoms with van der Waals surface area (Å²) in [5.41, 5.74) is 0.786. The van der Waals surface area contributed by atoms with Gasteiger partial charge in [-0.15, -0.1) is 0 Å². The van der Waals surface area contributed by atoms with Crippen molar-refractivity contribution in [2.24, 2.45) is 5.92 Å². The van der Waals surface area contributed by atoms with Crippen LogP contribution in [0.15, 0.2) is 12.4 Å². The summed E-state index contributed by atoms with van der Waals surface area (Å²) < 4.78 is 1.79. The fourth-order valence-corrected chi connectivity index (χ4v) is 1.72. The van der Waals surface area contributed by atoms with Crippen LogP contribution in [0.3, 0.4) is 0 Å². The molecule has 82 valence electrons. The molecule has 2 N–H and O–H groups in total. The monoisotopic (exact) mass is 208 g/mol.